The summed E-state index contributed by atoms with van der Waals surface area (Å²) >= 11 is 8.95. The Morgan fingerprint density at radius 2 is 1.80 bits per heavy atom. The molecule has 0 spiro atoms. The van der Waals surface area contributed by atoms with Gasteiger partial charge in [0.1, 0.15) is 0 Å². The van der Waals surface area contributed by atoms with E-state index in [1.807, 2.05) is 0 Å². The van der Waals surface area contributed by atoms with Gasteiger partial charge in [0, 0.05) is 43.1 Å². The first-order valence-electron chi connectivity index (χ1n) is 6.32. The molecule has 1 fully saturated rings. The van der Waals surface area contributed by atoms with E-state index in [-0.39, 0.29) is 0 Å². The Labute approximate surface area is 129 Å². The van der Waals surface area contributed by atoms with Gasteiger partial charge >= 0.3 is 6.18 Å². The number of hydrogen-bond donors (Lipinski definition) is 0. The summed E-state index contributed by atoms with van der Waals surface area (Å²) < 4.78 is 38.4. The molecule has 1 aliphatic heterocycles. The number of nitrogens with zero attached hydrogens (tertiary/aromatic N) is 2. The van der Waals surface area contributed by atoms with Crippen molar-refractivity contribution < 1.29 is 13.2 Å². The Bertz CT molecular complexity index is 459. The Hall–Kier alpha value is -0.460. The van der Waals surface area contributed by atoms with Crippen molar-refractivity contribution in [3.63, 3.8) is 0 Å². The van der Waals surface area contributed by atoms with Gasteiger partial charge in [0.25, 0.3) is 0 Å². The summed E-state index contributed by atoms with van der Waals surface area (Å²) in [6, 6.07) is 3.80. The van der Waals surface area contributed by atoms with Crippen molar-refractivity contribution in [1.82, 2.24) is 4.90 Å². The molecule has 20 heavy (non-hydrogen) atoms. The molecule has 1 saturated heterocycles. The van der Waals surface area contributed by atoms with Gasteiger partial charge in [0.05, 0.1) is 11.3 Å². The predicted octanol–water partition coefficient (Wildman–Crippen LogP) is 3.83. The van der Waals surface area contributed by atoms with Gasteiger partial charge in [-0.1, -0.05) is 0 Å². The summed E-state index contributed by atoms with van der Waals surface area (Å²) in [5.41, 5.74) is 0.178. The van der Waals surface area contributed by atoms with Crippen molar-refractivity contribution in [3.05, 3.63) is 28.2 Å². The zero-order valence-electron chi connectivity index (χ0n) is 10.8. The first-order chi connectivity index (χ1) is 9.41. The van der Waals surface area contributed by atoms with E-state index in [1.54, 1.807) is 0 Å². The molecule has 0 bridgehead atoms. The van der Waals surface area contributed by atoms with Gasteiger partial charge in [-0.15, -0.1) is 11.6 Å². The number of rotatable bonds is 3. The molecule has 1 aliphatic rings. The van der Waals surface area contributed by atoms with Crippen molar-refractivity contribution >= 4 is 33.2 Å². The van der Waals surface area contributed by atoms with Crippen LogP contribution >= 0.6 is 27.5 Å². The molecule has 7 heteroatoms. The van der Waals surface area contributed by atoms with Crippen LogP contribution in [0.15, 0.2) is 22.7 Å². The molecule has 0 saturated carbocycles. The highest BCUT2D eigenvalue weighted by molar-refractivity contribution is 9.10. The van der Waals surface area contributed by atoms with Crippen LogP contribution < -0.4 is 4.90 Å². The first kappa shape index (κ1) is 15.9. The lowest BCUT2D eigenvalue weighted by atomic mass is 10.1. The quantitative estimate of drug-likeness (QED) is 0.745. The fourth-order valence-corrected chi connectivity index (χ4v) is 3.14. The maximum absolute atomic E-state index is 12.6. The van der Waals surface area contributed by atoms with Gasteiger partial charge in [-0.3, -0.25) is 4.90 Å². The van der Waals surface area contributed by atoms with Crippen LogP contribution in [-0.4, -0.2) is 43.5 Å². The molecule has 0 unspecified atom stereocenters. The predicted molar refractivity (Wildman–Crippen MR) is 78.5 cm³/mol. The van der Waals surface area contributed by atoms with Gasteiger partial charge in [-0.05, 0) is 34.1 Å². The van der Waals surface area contributed by atoms with Gasteiger partial charge in [-0.25, -0.2) is 0 Å². The van der Waals surface area contributed by atoms with Crippen molar-refractivity contribution in [2.75, 3.05) is 43.5 Å². The van der Waals surface area contributed by atoms with E-state index >= 15 is 0 Å². The van der Waals surface area contributed by atoms with Crippen molar-refractivity contribution in [3.8, 4) is 0 Å². The highest BCUT2D eigenvalue weighted by Crippen LogP contribution is 2.35. The highest BCUT2D eigenvalue weighted by atomic mass is 79.9. The summed E-state index contributed by atoms with van der Waals surface area (Å²) in [6.07, 6.45) is -4.31. The lowest BCUT2D eigenvalue weighted by Crippen LogP contribution is -2.47. The van der Waals surface area contributed by atoms with Crippen LogP contribution in [0.1, 0.15) is 5.56 Å². The van der Waals surface area contributed by atoms with Crippen molar-refractivity contribution in [2.24, 2.45) is 0 Å². The molecule has 0 radical (unpaired) electrons. The third-order valence-corrected chi connectivity index (χ3v) is 4.19. The lowest BCUT2D eigenvalue weighted by Gasteiger charge is -2.36. The smallest absolute Gasteiger partial charge is 0.368 e. The van der Waals surface area contributed by atoms with E-state index in [0.29, 0.717) is 10.4 Å². The van der Waals surface area contributed by atoms with E-state index in [9.17, 15) is 13.2 Å². The van der Waals surface area contributed by atoms with Crippen LogP contribution in [0, 0.1) is 0 Å². The molecule has 1 heterocycles. The number of halogens is 5. The van der Waals surface area contributed by atoms with E-state index in [0.717, 1.165) is 50.5 Å². The number of anilines is 1. The molecule has 1 aromatic rings. The zero-order valence-corrected chi connectivity index (χ0v) is 13.1. The van der Waals surface area contributed by atoms with Crippen molar-refractivity contribution in [1.29, 1.82) is 0 Å². The number of piperazine rings is 1. The maximum atomic E-state index is 12.6. The standard InChI is InChI=1S/C13H15BrClF3N2/c14-11-9-10(13(16,17)18)1-2-12(11)20-7-5-19(4-3-15)6-8-20/h1-2,9H,3-8H2. The third kappa shape index (κ3) is 3.80. The first-order valence-corrected chi connectivity index (χ1v) is 7.64. The third-order valence-electron chi connectivity index (χ3n) is 3.39. The molecular formula is C13H15BrClF3N2. The molecule has 0 aliphatic carbocycles. The van der Waals surface area contributed by atoms with Crippen LogP contribution in [-0.2, 0) is 6.18 Å². The molecule has 2 rings (SSSR count). The maximum Gasteiger partial charge on any atom is 0.416 e. The van der Waals surface area contributed by atoms with E-state index in [4.69, 9.17) is 11.6 Å². The van der Waals surface area contributed by atoms with E-state index in [1.165, 1.54) is 6.07 Å². The molecule has 0 amide bonds. The summed E-state index contributed by atoms with van der Waals surface area (Å²) in [4.78, 5) is 4.34. The number of benzene rings is 1. The minimum atomic E-state index is -4.31. The highest BCUT2D eigenvalue weighted by Gasteiger charge is 2.31. The topological polar surface area (TPSA) is 6.48 Å². The summed E-state index contributed by atoms with van der Waals surface area (Å²) in [5, 5.41) is 0. The molecule has 0 aromatic heterocycles. The fourth-order valence-electron chi connectivity index (χ4n) is 2.27. The van der Waals surface area contributed by atoms with Crippen LogP contribution in [0.3, 0.4) is 0 Å². The van der Waals surface area contributed by atoms with E-state index < -0.39 is 11.7 Å². The zero-order chi connectivity index (χ0) is 14.8. The number of hydrogen-bond acceptors (Lipinski definition) is 2. The lowest BCUT2D eigenvalue weighted by molar-refractivity contribution is -0.137. The number of alkyl halides is 4. The molecule has 0 atom stereocenters. The largest absolute Gasteiger partial charge is 0.416 e. The minimum Gasteiger partial charge on any atom is -0.368 e. The molecule has 1 aromatic carbocycles. The van der Waals surface area contributed by atoms with Gasteiger partial charge < -0.3 is 4.90 Å². The molecule has 112 valence electrons. The molecular weight excluding hydrogens is 357 g/mol. The second kappa shape index (κ2) is 6.54. The second-order valence-corrected chi connectivity index (χ2v) is 5.91. The van der Waals surface area contributed by atoms with Gasteiger partial charge in [0.15, 0.2) is 0 Å². The second-order valence-electron chi connectivity index (χ2n) is 4.68. The average Bonchev–Trinajstić information content (AvgIpc) is 2.39. The molecule has 0 N–H and O–H groups in total. The molecule has 2 nitrogen and oxygen atoms in total. The van der Waals surface area contributed by atoms with Crippen LogP contribution in [0.4, 0.5) is 18.9 Å². The fraction of sp³-hybridized carbons (Fsp3) is 0.538. The summed E-state index contributed by atoms with van der Waals surface area (Å²) in [5.74, 6) is 0.601. The SMILES string of the molecule is FC(F)(F)c1ccc(N2CCN(CCCl)CC2)c(Br)c1. The normalized spacial score (nSPS) is 17.6. The van der Waals surface area contributed by atoms with Crippen LogP contribution in [0.2, 0.25) is 0 Å². The van der Waals surface area contributed by atoms with E-state index in [2.05, 4.69) is 25.7 Å². The Morgan fingerprint density at radius 1 is 1.15 bits per heavy atom. The Balaban J connectivity index is 2.07. The Morgan fingerprint density at radius 3 is 2.30 bits per heavy atom. The van der Waals surface area contributed by atoms with Crippen molar-refractivity contribution in [2.45, 2.75) is 6.18 Å². The van der Waals surface area contributed by atoms with Crippen LogP contribution in [0.25, 0.3) is 0 Å². The summed E-state index contributed by atoms with van der Waals surface area (Å²) in [7, 11) is 0. The van der Waals surface area contributed by atoms with Gasteiger partial charge in [-0.2, -0.15) is 13.2 Å². The van der Waals surface area contributed by atoms with Gasteiger partial charge in [0.2, 0.25) is 0 Å². The minimum absolute atomic E-state index is 0.484. The summed E-state index contributed by atoms with van der Waals surface area (Å²) in [6.45, 7) is 4.19. The average molecular weight is 372 g/mol. The monoisotopic (exact) mass is 370 g/mol. The Kier molecular flexibility index (Phi) is 5.20. The van der Waals surface area contributed by atoms with Crippen LogP contribution in [0.5, 0.6) is 0 Å².